The lowest BCUT2D eigenvalue weighted by molar-refractivity contribution is -0.118. The van der Waals surface area contributed by atoms with Gasteiger partial charge in [-0.05, 0) is 48.7 Å². The van der Waals surface area contributed by atoms with Crippen molar-refractivity contribution in [1.29, 1.82) is 0 Å². The number of benzene rings is 1. The summed E-state index contributed by atoms with van der Waals surface area (Å²) in [5.74, 6) is -0.771. The van der Waals surface area contributed by atoms with Crippen LogP contribution in [0.2, 0.25) is 0 Å². The molecule has 1 saturated heterocycles. The standard InChI is InChI=1S/C21H28N4O4S2/c1-15(2)19(23-20(26)18-5-4-14-30-18)21(27)22-16-6-8-17(9-7-16)31(28,29)25-12-10-24(3)11-13-25/h4-9,14-15,19H,10-13H2,1-3H3,(H,22,27)(H,23,26). The van der Waals surface area contributed by atoms with Crippen molar-refractivity contribution < 1.29 is 18.0 Å². The third kappa shape index (κ3) is 5.70. The number of amides is 2. The van der Waals surface area contributed by atoms with Gasteiger partial charge in [0.05, 0.1) is 9.77 Å². The zero-order valence-electron chi connectivity index (χ0n) is 17.9. The van der Waals surface area contributed by atoms with Crippen molar-refractivity contribution in [3.05, 3.63) is 46.7 Å². The first kappa shape index (κ1) is 23.4. The number of nitrogens with one attached hydrogen (secondary N) is 2. The highest BCUT2D eigenvalue weighted by atomic mass is 32.2. The first-order valence-electron chi connectivity index (χ1n) is 10.1. The van der Waals surface area contributed by atoms with Crippen molar-refractivity contribution in [2.75, 3.05) is 38.5 Å². The van der Waals surface area contributed by atoms with Crippen LogP contribution < -0.4 is 10.6 Å². The van der Waals surface area contributed by atoms with Crippen molar-refractivity contribution in [3.63, 3.8) is 0 Å². The molecule has 168 valence electrons. The quantitative estimate of drug-likeness (QED) is 0.654. The molecular formula is C21H28N4O4S2. The summed E-state index contributed by atoms with van der Waals surface area (Å²) in [4.78, 5) is 27.9. The Morgan fingerprint density at radius 1 is 1.03 bits per heavy atom. The predicted octanol–water partition coefficient (Wildman–Crippen LogP) is 2.08. The highest BCUT2D eigenvalue weighted by molar-refractivity contribution is 7.89. The monoisotopic (exact) mass is 464 g/mol. The number of carbonyl (C=O) groups is 2. The van der Waals surface area contributed by atoms with Crippen molar-refractivity contribution in [3.8, 4) is 0 Å². The maximum Gasteiger partial charge on any atom is 0.262 e. The predicted molar refractivity (Wildman–Crippen MR) is 122 cm³/mol. The van der Waals surface area contributed by atoms with E-state index in [1.807, 2.05) is 20.9 Å². The van der Waals surface area contributed by atoms with Gasteiger partial charge in [-0.3, -0.25) is 9.59 Å². The maximum atomic E-state index is 12.8. The molecule has 0 spiro atoms. The lowest BCUT2D eigenvalue weighted by Gasteiger charge is -2.31. The molecule has 0 radical (unpaired) electrons. The van der Waals surface area contributed by atoms with E-state index >= 15 is 0 Å². The van der Waals surface area contributed by atoms with Crippen LogP contribution in [0, 0.1) is 5.92 Å². The fourth-order valence-corrected chi connectivity index (χ4v) is 5.31. The fourth-order valence-electron chi connectivity index (χ4n) is 3.26. The smallest absolute Gasteiger partial charge is 0.262 e. The van der Waals surface area contributed by atoms with E-state index in [0.29, 0.717) is 36.7 Å². The number of hydrogen-bond donors (Lipinski definition) is 2. The summed E-state index contributed by atoms with van der Waals surface area (Å²) in [5, 5.41) is 7.35. The molecule has 1 unspecified atom stereocenters. The second kappa shape index (κ2) is 9.90. The number of sulfonamides is 1. The van der Waals surface area contributed by atoms with Crippen molar-refractivity contribution in [1.82, 2.24) is 14.5 Å². The molecule has 1 aromatic carbocycles. The van der Waals surface area contributed by atoms with Crippen LogP contribution in [-0.4, -0.2) is 68.7 Å². The van der Waals surface area contributed by atoms with E-state index in [1.165, 1.54) is 27.8 Å². The minimum atomic E-state index is -3.56. The third-order valence-corrected chi connectivity index (χ3v) is 7.98. The number of anilines is 1. The molecule has 1 aromatic heterocycles. The molecule has 2 heterocycles. The lowest BCUT2D eigenvalue weighted by Crippen LogP contribution is -2.47. The Bertz CT molecular complexity index is 997. The summed E-state index contributed by atoms with van der Waals surface area (Å²) in [5.41, 5.74) is 0.471. The molecular weight excluding hydrogens is 436 g/mol. The van der Waals surface area contributed by atoms with Crippen molar-refractivity contribution >= 4 is 38.9 Å². The molecule has 10 heteroatoms. The summed E-state index contributed by atoms with van der Waals surface area (Å²) >= 11 is 1.31. The Morgan fingerprint density at radius 3 is 2.23 bits per heavy atom. The van der Waals surface area contributed by atoms with Crippen LogP contribution in [0.3, 0.4) is 0 Å². The van der Waals surface area contributed by atoms with Crippen molar-refractivity contribution in [2.45, 2.75) is 24.8 Å². The summed E-state index contributed by atoms with van der Waals surface area (Å²) in [6.45, 7) is 6.01. The van der Waals surface area contributed by atoms with E-state index in [1.54, 1.807) is 29.6 Å². The van der Waals surface area contributed by atoms with Gasteiger partial charge in [-0.2, -0.15) is 4.31 Å². The number of nitrogens with zero attached hydrogens (tertiary/aromatic N) is 2. The largest absolute Gasteiger partial charge is 0.339 e. The average molecular weight is 465 g/mol. The zero-order chi connectivity index (χ0) is 22.6. The van der Waals surface area contributed by atoms with Crippen LogP contribution in [0.15, 0.2) is 46.7 Å². The van der Waals surface area contributed by atoms with Gasteiger partial charge in [0.15, 0.2) is 0 Å². The van der Waals surface area contributed by atoms with Crippen LogP contribution in [0.1, 0.15) is 23.5 Å². The van der Waals surface area contributed by atoms with Gasteiger partial charge in [0.2, 0.25) is 15.9 Å². The summed E-state index contributed by atoms with van der Waals surface area (Å²) in [6.07, 6.45) is 0. The minimum Gasteiger partial charge on any atom is -0.339 e. The van der Waals surface area contributed by atoms with Crippen LogP contribution in [-0.2, 0) is 14.8 Å². The number of hydrogen-bond acceptors (Lipinski definition) is 6. The Balaban J connectivity index is 1.66. The topological polar surface area (TPSA) is 98.8 Å². The van der Waals surface area contributed by atoms with Crippen molar-refractivity contribution in [2.24, 2.45) is 5.92 Å². The maximum absolute atomic E-state index is 12.8. The molecule has 1 fully saturated rings. The van der Waals surface area contributed by atoms with Gasteiger partial charge < -0.3 is 15.5 Å². The van der Waals surface area contributed by atoms with Gasteiger partial charge >= 0.3 is 0 Å². The Labute approximate surface area is 187 Å². The normalized spacial score (nSPS) is 16.8. The van der Waals surface area contributed by atoms with E-state index < -0.39 is 16.1 Å². The van der Waals surface area contributed by atoms with E-state index in [9.17, 15) is 18.0 Å². The molecule has 0 bridgehead atoms. The molecule has 3 rings (SSSR count). The summed E-state index contributed by atoms with van der Waals surface area (Å²) < 4.78 is 27.1. The van der Waals surface area contributed by atoms with Gasteiger partial charge in [-0.25, -0.2) is 8.42 Å². The highest BCUT2D eigenvalue weighted by Gasteiger charge is 2.28. The number of carbonyl (C=O) groups excluding carboxylic acids is 2. The van der Waals surface area contributed by atoms with E-state index in [4.69, 9.17) is 0 Å². The first-order valence-corrected chi connectivity index (χ1v) is 12.4. The summed E-state index contributed by atoms with van der Waals surface area (Å²) in [7, 11) is -1.60. The summed E-state index contributed by atoms with van der Waals surface area (Å²) in [6, 6.07) is 8.90. The van der Waals surface area contributed by atoms with Gasteiger partial charge in [0.25, 0.3) is 5.91 Å². The van der Waals surface area contributed by atoms with Crippen LogP contribution in [0.4, 0.5) is 5.69 Å². The van der Waals surface area contributed by atoms with Gasteiger partial charge in [-0.15, -0.1) is 11.3 Å². The molecule has 31 heavy (non-hydrogen) atoms. The molecule has 1 aliphatic rings. The van der Waals surface area contributed by atoms with E-state index in [-0.39, 0.29) is 22.6 Å². The second-order valence-corrected chi connectivity index (χ2v) is 10.8. The number of rotatable bonds is 7. The van der Waals surface area contributed by atoms with E-state index in [2.05, 4.69) is 15.5 Å². The molecule has 2 N–H and O–H groups in total. The lowest BCUT2D eigenvalue weighted by atomic mass is 10.0. The van der Waals surface area contributed by atoms with Gasteiger partial charge in [-0.1, -0.05) is 19.9 Å². The minimum absolute atomic E-state index is 0.124. The second-order valence-electron chi connectivity index (χ2n) is 7.89. The van der Waals surface area contributed by atoms with E-state index in [0.717, 1.165) is 0 Å². The SMILES string of the molecule is CC(C)C(NC(=O)c1cccs1)C(=O)Nc1ccc(S(=O)(=O)N2CCN(C)CC2)cc1. The molecule has 1 aliphatic heterocycles. The van der Waals surface area contributed by atoms with Crippen LogP contribution in [0.25, 0.3) is 0 Å². The Hall–Kier alpha value is -2.27. The number of thiophene rings is 1. The molecule has 8 nitrogen and oxygen atoms in total. The van der Waals surface area contributed by atoms with Gasteiger partial charge in [0, 0.05) is 31.9 Å². The molecule has 2 aromatic rings. The Morgan fingerprint density at radius 2 is 1.68 bits per heavy atom. The third-order valence-electron chi connectivity index (χ3n) is 5.20. The average Bonchev–Trinajstić information content (AvgIpc) is 3.27. The fraction of sp³-hybridized carbons (Fsp3) is 0.429. The Kier molecular flexibility index (Phi) is 7.47. The van der Waals surface area contributed by atoms with Crippen LogP contribution >= 0.6 is 11.3 Å². The highest BCUT2D eigenvalue weighted by Crippen LogP contribution is 2.20. The molecule has 0 aliphatic carbocycles. The van der Waals surface area contributed by atoms with Crippen LogP contribution in [0.5, 0.6) is 0 Å². The number of piperazine rings is 1. The number of likely N-dealkylation sites (N-methyl/N-ethyl adjacent to an activating group) is 1. The first-order chi connectivity index (χ1) is 14.7. The molecule has 1 atom stereocenters. The zero-order valence-corrected chi connectivity index (χ0v) is 19.5. The molecule has 2 amide bonds. The molecule has 0 saturated carbocycles. The van der Waals surface area contributed by atoms with Gasteiger partial charge in [0.1, 0.15) is 6.04 Å².